The molecule has 0 saturated heterocycles. The lowest BCUT2D eigenvalue weighted by Gasteiger charge is -2.29. The second-order valence-corrected chi connectivity index (χ2v) is 4.94. The van der Waals surface area contributed by atoms with E-state index in [1.54, 1.807) is 0 Å². The number of carbonyl (C=O) groups is 1. The van der Waals surface area contributed by atoms with Crippen molar-refractivity contribution in [2.45, 2.75) is 58.0 Å². The van der Waals surface area contributed by atoms with Crippen LogP contribution in [-0.4, -0.2) is 47.7 Å². The average molecular weight is 242 g/mol. The van der Waals surface area contributed by atoms with Crippen molar-refractivity contribution in [2.75, 3.05) is 19.7 Å². The van der Waals surface area contributed by atoms with Gasteiger partial charge in [0.1, 0.15) is 0 Å². The molecule has 1 saturated carbocycles. The number of carbonyl (C=O) groups excluding carboxylic acids is 1. The summed E-state index contributed by atoms with van der Waals surface area (Å²) >= 11 is 0. The molecule has 1 fully saturated rings. The molecule has 0 aromatic rings. The van der Waals surface area contributed by atoms with Crippen molar-refractivity contribution < 1.29 is 9.90 Å². The van der Waals surface area contributed by atoms with Gasteiger partial charge in [-0.15, -0.1) is 0 Å². The summed E-state index contributed by atoms with van der Waals surface area (Å²) in [5, 5.41) is 12.3. The fraction of sp³-hybridized carbons (Fsp3) is 0.923. The first-order valence-electron chi connectivity index (χ1n) is 6.82. The van der Waals surface area contributed by atoms with Crippen LogP contribution in [0.3, 0.4) is 0 Å². The van der Waals surface area contributed by atoms with E-state index in [2.05, 4.69) is 19.2 Å². The minimum absolute atomic E-state index is 0.0611. The molecule has 0 bridgehead atoms. The van der Waals surface area contributed by atoms with Crippen LogP contribution >= 0.6 is 0 Å². The van der Waals surface area contributed by atoms with Crippen LogP contribution in [0.2, 0.25) is 0 Å². The number of aliphatic hydroxyl groups excluding tert-OH is 1. The minimum atomic E-state index is 0.0611. The zero-order chi connectivity index (χ0) is 12.7. The number of nitrogens with one attached hydrogen (secondary N) is 1. The highest BCUT2D eigenvalue weighted by molar-refractivity contribution is 5.78. The van der Waals surface area contributed by atoms with Gasteiger partial charge < -0.3 is 15.3 Å². The van der Waals surface area contributed by atoms with E-state index >= 15 is 0 Å². The summed E-state index contributed by atoms with van der Waals surface area (Å²) in [5.41, 5.74) is 0. The molecule has 1 aliphatic carbocycles. The number of aliphatic hydroxyl groups is 1. The Morgan fingerprint density at radius 1 is 1.47 bits per heavy atom. The molecule has 0 aromatic carbocycles. The minimum Gasteiger partial charge on any atom is -0.395 e. The molecule has 0 aromatic heterocycles. The predicted molar refractivity (Wildman–Crippen MR) is 68.8 cm³/mol. The van der Waals surface area contributed by atoms with Gasteiger partial charge in [-0.25, -0.2) is 0 Å². The molecular formula is C13H26N2O2. The van der Waals surface area contributed by atoms with E-state index in [1.165, 1.54) is 12.8 Å². The molecule has 1 atom stereocenters. The van der Waals surface area contributed by atoms with Crippen molar-refractivity contribution in [3.63, 3.8) is 0 Å². The number of amides is 1. The molecule has 17 heavy (non-hydrogen) atoms. The molecule has 100 valence electrons. The Balaban J connectivity index is 2.42. The Kier molecular flexibility index (Phi) is 6.52. The third-order valence-corrected chi connectivity index (χ3v) is 3.64. The maximum Gasteiger partial charge on any atom is 0.236 e. The van der Waals surface area contributed by atoms with E-state index in [0.29, 0.717) is 25.2 Å². The molecule has 0 radical (unpaired) electrons. The summed E-state index contributed by atoms with van der Waals surface area (Å²) < 4.78 is 0. The molecule has 0 spiro atoms. The Bertz CT molecular complexity index is 227. The highest BCUT2D eigenvalue weighted by Gasteiger charge is 2.25. The fourth-order valence-corrected chi connectivity index (χ4v) is 2.34. The van der Waals surface area contributed by atoms with Crippen LogP contribution in [0.25, 0.3) is 0 Å². The van der Waals surface area contributed by atoms with E-state index in [4.69, 9.17) is 5.11 Å². The van der Waals surface area contributed by atoms with Crippen LogP contribution in [-0.2, 0) is 4.79 Å². The van der Waals surface area contributed by atoms with Gasteiger partial charge in [-0.05, 0) is 26.2 Å². The molecule has 4 nitrogen and oxygen atoms in total. The van der Waals surface area contributed by atoms with Crippen molar-refractivity contribution >= 4 is 5.91 Å². The largest absolute Gasteiger partial charge is 0.395 e. The van der Waals surface area contributed by atoms with Crippen molar-refractivity contribution in [3.05, 3.63) is 0 Å². The SMILES string of the molecule is CCC(C)NCC(=O)N(CCO)C1CCCC1. The van der Waals surface area contributed by atoms with Crippen LogP contribution in [0.15, 0.2) is 0 Å². The Hall–Kier alpha value is -0.610. The van der Waals surface area contributed by atoms with Crippen molar-refractivity contribution in [3.8, 4) is 0 Å². The maximum absolute atomic E-state index is 12.1. The molecular weight excluding hydrogens is 216 g/mol. The maximum atomic E-state index is 12.1. The second-order valence-electron chi connectivity index (χ2n) is 4.94. The fourth-order valence-electron chi connectivity index (χ4n) is 2.34. The summed E-state index contributed by atoms with van der Waals surface area (Å²) in [6, 6.07) is 0.729. The molecule has 2 N–H and O–H groups in total. The summed E-state index contributed by atoms with van der Waals surface area (Å²) in [6.07, 6.45) is 5.62. The topological polar surface area (TPSA) is 52.6 Å². The van der Waals surface area contributed by atoms with Crippen LogP contribution in [0.1, 0.15) is 46.0 Å². The molecule has 1 unspecified atom stereocenters. The molecule has 1 rings (SSSR count). The van der Waals surface area contributed by atoms with E-state index < -0.39 is 0 Å². The first-order chi connectivity index (χ1) is 8.19. The van der Waals surface area contributed by atoms with E-state index in [9.17, 15) is 4.79 Å². The number of hydrogen-bond acceptors (Lipinski definition) is 3. The third kappa shape index (κ3) is 4.64. The Morgan fingerprint density at radius 3 is 2.65 bits per heavy atom. The van der Waals surface area contributed by atoms with E-state index in [1.807, 2.05) is 4.90 Å². The standard InChI is InChI=1S/C13H26N2O2/c1-3-11(2)14-10-13(17)15(8-9-16)12-6-4-5-7-12/h11-12,14,16H,3-10H2,1-2H3. The monoisotopic (exact) mass is 242 g/mol. The lowest BCUT2D eigenvalue weighted by molar-refractivity contribution is -0.133. The van der Waals surface area contributed by atoms with Gasteiger partial charge in [0.2, 0.25) is 5.91 Å². The van der Waals surface area contributed by atoms with Gasteiger partial charge >= 0.3 is 0 Å². The Labute approximate surface area is 104 Å². The zero-order valence-corrected chi connectivity index (χ0v) is 11.1. The van der Waals surface area contributed by atoms with Crippen molar-refractivity contribution in [1.82, 2.24) is 10.2 Å². The van der Waals surface area contributed by atoms with Gasteiger partial charge in [-0.2, -0.15) is 0 Å². The highest BCUT2D eigenvalue weighted by Crippen LogP contribution is 2.23. The van der Waals surface area contributed by atoms with Crippen molar-refractivity contribution in [1.29, 1.82) is 0 Å². The summed E-state index contributed by atoms with van der Waals surface area (Å²) in [7, 11) is 0. The summed E-state index contributed by atoms with van der Waals surface area (Å²) in [5.74, 6) is 0.131. The normalized spacial score (nSPS) is 18.3. The molecule has 4 heteroatoms. The molecule has 1 aliphatic rings. The lowest BCUT2D eigenvalue weighted by Crippen LogP contribution is -2.46. The van der Waals surface area contributed by atoms with Gasteiger partial charge in [0.15, 0.2) is 0 Å². The van der Waals surface area contributed by atoms with Crippen LogP contribution in [0.5, 0.6) is 0 Å². The average Bonchev–Trinajstić information content (AvgIpc) is 2.86. The van der Waals surface area contributed by atoms with Crippen LogP contribution < -0.4 is 5.32 Å². The molecule has 0 aliphatic heterocycles. The highest BCUT2D eigenvalue weighted by atomic mass is 16.3. The lowest BCUT2D eigenvalue weighted by atomic mass is 10.2. The Morgan fingerprint density at radius 2 is 2.12 bits per heavy atom. The predicted octanol–water partition coefficient (Wildman–Crippen LogP) is 1.14. The van der Waals surface area contributed by atoms with Gasteiger partial charge in [-0.3, -0.25) is 4.79 Å². The quantitative estimate of drug-likeness (QED) is 0.704. The first-order valence-corrected chi connectivity index (χ1v) is 6.82. The van der Waals surface area contributed by atoms with Gasteiger partial charge in [0, 0.05) is 18.6 Å². The smallest absolute Gasteiger partial charge is 0.236 e. The van der Waals surface area contributed by atoms with Gasteiger partial charge in [-0.1, -0.05) is 19.8 Å². The number of rotatable bonds is 7. The number of nitrogens with zero attached hydrogens (tertiary/aromatic N) is 1. The summed E-state index contributed by atoms with van der Waals surface area (Å²) in [6.45, 7) is 5.12. The van der Waals surface area contributed by atoms with Crippen LogP contribution in [0.4, 0.5) is 0 Å². The van der Waals surface area contributed by atoms with Crippen LogP contribution in [0, 0.1) is 0 Å². The molecule has 1 amide bonds. The third-order valence-electron chi connectivity index (χ3n) is 3.64. The second kappa shape index (κ2) is 7.67. The van der Waals surface area contributed by atoms with Crippen molar-refractivity contribution in [2.24, 2.45) is 0 Å². The zero-order valence-electron chi connectivity index (χ0n) is 11.1. The molecule has 0 heterocycles. The van der Waals surface area contributed by atoms with E-state index in [-0.39, 0.29) is 12.5 Å². The first kappa shape index (κ1) is 14.5. The summed E-state index contributed by atoms with van der Waals surface area (Å²) in [4.78, 5) is 14.0. The van der Waals surface area contributed by atoms with Gasteiger partial charge in [0.05, 0.1) is 13.2 Å². The number of hydrogen-bond donors (Lipinski definition) is 2. The van der Waals surface area contributed by atoms with E-state index in [0.717, 1.165) is 19.3 Å². The van der Waals surface area contributed by atoms with Gasteiger partial charge in [0.25, 0.3) is 0 Å².